The minimum Gasteiger partial charge on any atom is -0.478 e. The van der Waals surface area contributed by atoms with Crippen LogP contribution >= 0.6 is 0 Å². The molecule has 0 aliphatic carbocycles. The maximum atomic E-state index is 12.5. The lowest BCUT2D eigenvalue weighted by atomic mass is 9.89. The van der Waals surface area contributed by atoms with Crippen molar-refractivity contribution in [3.63, 3.8) is 0 Å². The Bertz CT molecular complexity index is 557. The molecule has 1 aliphatic rings. The van der Waals surface area contributed by atoms with E-state index in [2.05, 4.69) is 0 Å². The van der Waals surface area contributed by atoms with Crippen LogP contribution in [0.15, 0.2) is 24.3 Å². The van der Waals surface area contributed by atoms with Crippen molar-refractivity contribution in [2.75, 3.05) is 13.1 Å². The number of alkyl halides is 3. The summed E-state index contributed by atoms with van der Waals surface area (Å²) in [5.74, 6) is -3.19. The Morgan fingerprint density at radius 1 is 1.29 bits per heavy atom. The normalized spacial score (nSPS) is 19.4. The van der Waals surface area contributed by atoms with E-state index >= 15 is 0 Å². The zero-order chi connectivity index (χ0) is 15.6. The highest BCUT2D eigenvalue weighted by molar-refractivity contribution is 5.87. The molecule has 1 aromatic rings. The van der Waals surface area contributed by atoms with Crippen molar-refractivity contribution in [3.8, 4) is 0 Å². The van der Waals surface area contributed by atoms with E-state index in [-0.39, 0.29) is 24.6 Å². The first kappa shape index (κ1) is 15.3. The smallest absolute Gasteiger partial charge is 0.471 e. The Morgan fingerprint density at radius 2 is 2.00 bits per heavy atom. The van der Waals surface area contributed by atoms with Gasteiger partial charge in [-0.25, -0.2) is 4.79 Å². The van der Waals surface area contributed by atoms with Gasteiger partial charge in [0.25, 0.3) is 0 Å². The van der Waals surface area contributed by atoms with Crippen LogP contribution in [0.1, 0.15) is 34.7 Å². The molecule has 0 radical (unpaired) electrons. The number of rotatable bonds is 2. The van der Waals surface area contributed by atoms with Crippen molar-refractivity contribution in [1.29, 1.82) is 0 Å². The fraction of sp³-hybridized carbons (Fsp3) is 0.429. The molecule has 1 unspecified atom stereocenters. The molecule has 1 aliphatic heterocycles. The molecule has 114 valence electrons. The highest BCUT2D eigenvalue weighted by Gasteiger charge is 2.43. The standard InChI is InChI=1S/C14H14F3NO3/c15-14(16,17)13(21)18-6-2-5-11(8-18)9-3-1-4-10(7-9)12(19)20/h1,3-4,7,11H,2,5-6,8H2,(H,19,20). The van der Waals surface area contributed by atoms with Crippen LogP contribution in [0.5, 0.6) is 0 Å². The zero-order valence-corrected chi connectivity index (χ0v) is 11.1. The molecule has 1 atom stereocenters. The Hall–Kier alpha value is -2.05. The third kappa shape index (κ3) is 3.53. The molecule has 0 saturated carbocycles. The van der Waals surface area contributed by atoms with Gasteiger partial charge in [-0.05, 0) is 30.5 Å². The van der Waals surface area contributed by atoms with Gasteiger partial charge in [-0.15, -0.1) is 0 Å². The predicted molar refractivity (Wildman–Crippen MR) is 68.0 cm³/mol. The molecule has 0 aromatic heterocycles. The lowest BCUT2D eigenvalue weighted by Gasteiger charge is -2.33. The second-order valence-corrected chi connectivity index (χ2v) is 5.02. The monoisotopic (exact) mass is 301 g/mol. The summed E-state index contributed by atoms with van der Waals surface area (Å²) < 4.78 is 37.4. The van der Waals surface area contributed by atoms with Gasteiger partial charge < -0.3 is 10.0 Å². The fourth-order valence-corrected chi connectivity index (χ4v) is 2.54. The second kappa shape index (κ2) is 5.75. The summed E-state index contributed by atoms with van der Waals surface area (Å²) in [5.41, 5.74) is 0.737. The van der Waals surface area contributed by atoms with Gasteiger partial charge in [0.2, 0.25) is 0 Å². The average Bonchev–Trinajstić information content (AvgIpc) is 2.45. The second-order valence-electron chi connectivity index (χ2n) is 5.02. The van der Waals surface area contributed by atoms with Crippen molar-refractivity contribution in [2.45, 2.75) is 24.9 Å². The van der Waals surface area contributed by atoms with Crippen LogP contribution in [-0.2, 0) is 4.79 Å². The van der Waals surface area contributed by atoms with Gasteiger partial charge in [0.15, 0.2) is 0 Å². The van der Waals surface area contributed by atoms with Crippen LogP contribution in [0.3, 0.4) is 0 Å². The Morgan fingerprint density at radius 3 is 2.62 bits per heavy atom. The van der Waals surface area contributed by atoms with Crippen LogP contribution in [-0.4, -0.2) is 41.1 Å². The number of likely N-dealkylation sites (tertiary alicyclic amines) is 1. The molecule has 0 spiro atoms. The fourth-order valence-electron chi connectivity index (χ4n) is 2.54. The maximum absolute atomic E-state index is 12.5. The van der Waals surface area contributed by atoms with E-state index in [9.17, 15) is 22.8 Å². The number of carboxylic acid groups (broad SMARTS) is 1. The number of carboxylic acids is 1. The van der Waals surface area contributed by atoms with Crippen molar-refractivity contribution < 1.29 is 27.9 Å². The molecular weight excluding hydrogens is 287 g/mol. The minimum atomic E-state index is -4.87. The van der Waals surface area contributed by atoms with Crippen molar-refractivity contribution >= 4 is 11.9 Å². The van der Waals surface area contributed by atoms with E-state index in [4.69, 9.17) is 5.11 Å². The lowest BCUT2D eigenvalue weighted by Crippen LogP contribution is -2.45. The number of hydrogen-bond donors (Lipinski definition) is 1. The van der Waals surface area contributed by atoms with Crippen LogP contribution in [0, 0.1) is 0 Å². The van der Waals surface area contributed by atoms with E-state index < -0.39 is 18.1 Å². The third-order valence-electron chi connectivity index (χ3n) is 3.56. The number of carbonyl (C=O) groups is 2. The Kier molecular flexibility index (Phi) is 4.20. The average molecular weight is 301 g/mol. The van der Waals surface area contributed by atoms with E-state index in [1.165, 1.54) is 12.1 Å². The van der Waals surface area contributed by atoms with Gasteiger partial charge in [-0.2, -0.15) is 13.2 Å². The first-order valence-electron chi connectivity index (χ1n) is 6.48. The summed E-state index contributed by atoms with van der Waals surface area (Å²) in [6.07, 6.45) is -3.78. The SMILES string of the molecule is O=C(O)c1cccc(C2CCCN(C(=O)C(F)(F)F)C2)c1. The van der Waals surface area contributed by atoms with Gasteiger partial charge in [-0.1, -0.05) is 12.1 Å². The first-order chi connectivity index (χ1) is 9.79. The molecule has 21 heavy (non-hydrogen) atoms. The zero-order valence-electron chi connectivity index (χ0n) is 11.1. The van der Waals surface area contributed by atoms with Gasteiger partial charge >= 0.3 is 18.1 Å². The molecular formula is C14H14F3NO3. The number of halogens is 3. The van der Waals surface area contributed by atoms with Gasteiger partial charge in [0.05, 0.1) is 5.56 Å². The largest absolute Gasteiger partial charge is 0.478 e. The van der Waals surface area contributed by atoms with Crippen LogP contribution in [0.2, 0.25) is 0 Å². The van der Waals surface area contributed by atoms with Crippen molar-refractivity contribution in [3.05, 3.63) is 35.4 Å². The number of nitrogens with zero attached hydrogens (tertiary/aromatic N) is 1. The van der Waals surface area contributed by atoms with E-state index in [1.807, 2.05) is 0 Å². The number of carbonyl (C=O) groups excluding carboxylic acids is 1. The lowest BCUT2D eigenvalue weighted by molar-refractivity contribution is -0.186. The molecule has 2 rings (SSSR count). The first-order valence-corrected chi connectivity index (χ1v) is 6.48. The molecule has 1 saturated heterocycles. The number of amides is 1. The molecule has 1 N–H and O–H groups in total. The van der Waals surface area contributed by atoms with Crippen molar-refractivity contribution in [1.82, 2.24) is 4.90 Å². The van der Waals surface area contributed by atoms with E-state index in [0.717, 1.165) is 4.90 Å². The molecule has 1 heterocycles. The molecule has 1 fully saturated rings. The minimum absolute atomic E-state index is 0.0403. The number of benzene rings is 1. The highest BCUT2D eigenvalue weighted by Crippen LogP contribution is 2.30. The van der Waals surface area contributed by atoms with Gasteiger partial charge in [0, 0.05) is 19.0 Å². The molecule has 7 heteroatoms. The Labute approximate surface area is 119 Å². The maximum Gasteiger partial charge on any atom is 0.471 e. The van der Waals surface area contributed by atoms with Crippen LogP contribution in [0.4, 0.5) is 13.2 Å². The van der Waals surface area contributed by atoms with Crippen molar-refractivity contribution in [2.24, 2.45) is 0 Å². The van der Waals surface area contributed by atoms with Gasteiger partial charge in [0.1, 0.15) is 0 Å². The molecule has 1 aromatic carbocycles. The summed E-state index contributed by atoms with van der Waals surface area (Å²) in [7, 11) is 0. The summed E-state index contributed by atoms with van der Waals surface area (Å²) in [6, 6.07) is 6.11. The third-order valence-corrected chi connectivity index (χ3v) is 3.56. The molecule has 4 nitrogen and oxygen atoms in total. The summed E-state index contributed by atoms with van der Waals surface area (Å²) >= 11 is 0. The summed E-state index contributed by atoms with van der Waals surface area (Å²) in [5, 5.41) is 8.94. The summed E-state index contributed by atoms with van der Waals surface area (Å²) in [6.45, 7) is 0.0366. The van der Waals surface area contributed by atoms with Crippen LogP contribution in [0.25, 0.3) is 0 Å². The number of hydrogen-bond acceptors (Lipinski definition) is 2. The van der Waals surface area contributed by atoms with Crippen LogP contribution < -0.4 is 0 Å². The highest BCUT2D eigenvalue weighted by atomic mass is 19.4. The van der Waals surface area contributed by atoms with Gasteiger partial charge in [-0.3, -0.25) is 4.79 Å². The Balaban J connectivity index is 2.16. The summed E-state index contributed by atoms with van der Waals surface area (Å²) in [4.78, 5) is 23.0. The quantitative estimate of drug-likeness (QED) is 0.913. The van der Waals surface area contributed by atoms with E-state index in [0.29, 0.717) is 18.4 Å². The topological polar surface area (TPSA) is 57.6 Å². The predicted octanol–water partition coefficient (Wildman–Crippen LogP) is 2.65. The molecule has 0 bridgehead atoms. The van der Waals surface area contributed by atoms with E-state index in [1.54, 1.807) is 12.1 Å². The molecule has 1 amide bonds. The number of aromatic carboxylic acids is 1. The number of piperidine rings is 1.